The molecule has 0 aliphatic heterocycles. The lowest BCUT2D eigenvalue weighted by molar-refractivity contribution is -0.151. The van der Waals surface area contributed by atoms with Crippen LogP contribution in [0.2, 0.25) is 0 Å². The van der Waals surface area contributed by atoms with Crippen molar-refractivity contribution in [3.8, 4) is 0 Å². The van der Waals surface area contributed by atoms with E-state index in [9.17, 15) is 9.59 Å². The van der Waals surface area contributed by atoms with Gasteiger partial charge in [0, 0.05) is 6.20 Å². The molecule has 0 aliphatic carbocycles. The maximum Gasteiger partial charge on any atom is 0.316 e. The SMILES string of the molecule is Cc1nccc(CNC(=O)C(C(=O)O)C(C)(C)C)n1. The van der Waals surface area contributed by atoms with E-state index in [1.807, 2.05) is 0 Å². The van der Waals surface area contributed by atoms with E-state index in [-0.39, 0.29) is 6.54 Å². The highest BCUT2D eigenvalue weighted by Crippen LogP contribution is 2.26. The van der Waals surface area contributed by atoms with Crippen LogP contribution in [0.5, 0.6) is 0 Å². The summed E-state index contributed by atoms with van der Waals surface area (Å²) >= 11 is 0. The Morgan fingerprint density at radius 1 is 1.42 bits per heavy atom. The second kappa shape index (κ2) is 5.77. The van der Waals surface area contributed by atoms with Gasteiger partial charge in [0.2, 0.25) is 5.91 Å². The minimum absolute atomic E-state index is 0.196. The predicted molar refractivity (Wildman–Crippen MR) is 69.2 cm³/mol. The fourth-order valence-corrected chi connectivity index (χ4v) is 1.76. The Kier molecular flexibility index (Phi) is 4.58. The Labute approximate surface area is 112 Å². The molecule has 1 heterocycles. The molecule has 1 atom stereocenters. The number of aromatic nitrogens is 2. The van der Waals surface area contributed by atoms with Crippen LogP contribution in [0, 0.1) is 18.3 Å². The molecule has 19 heavy (non-hydrogen) atoms. The molecule has 0 aromatic carbocycles. The van der Waals surface area contributed by atoms with Gasteiger partial charge in [-0.25, -0.2) is 9.97 Å². The molecule has 0 saturated heterocycles. The standard InChI is InChI=1S/C13H19N3O3/c1-8-14-6-5-9(16-8)7-15-11(17)10(12(18)19)13(2,3)4/h5-6,10H,7H2,1-4H3,(H,15,17)(H,18,19). The van der Waals surface area contributed by atoms with Gasteiger partial charge in [0.05, 0.1) is 12.2 Å². The summed E-state index contributed by atoms with van der Waals surface area (Å²) in [6, 6.07) is 1.68. The summed E-state index contributed by atoms with van der Waals surface area (Å²) in [5.41, 5.74) is 0.0104. The molecule has 2 N–H and O–H groups in total. The predicted octanol–water partition coefficient (Wildman–Crippen LogP) is 1.15. The third-order valence-corrected chi connectivity index (χ3v) is 2.65. The van der Waals surface area contributed by atoms with Gasteiger partial charge >= 0.3 is 5.97 Å². The van der Waals surface area contributed by atoms with Crippen molar-refractivity contribution < 1.29 is 14.7 Å². The van der Waals surface area contributed by atoms with Crippen LogP contribution in [-0.4, -0.2) is 27.0 Å². The van der Waals surface area contributed by atoms with E-state index in [0.717, 1.165) is 0 Å². The van der Waals surface area contributed by atoms with Crippen molar-refractivity contribution in [3.63, 3.8) is 0 Å². The number of nitrogens with one attached hydrogen (secondary N) is 1. The van der Waals surface area contributed by atoms with E-state index < -0.39 is 23.2 Å². The van der Waals surface area contributed by atoms with Crippen molar-refractivity contribution in [2.45, 2.75) is 34.2 Å². The van der Waals surface area contributed by atoms with Gasteiger partial charge in [0.1, 0.15) is 11.7 Å². The zero-order chi connectivity index (χ0) is 14.6. The maximum atomic E-state index is 12.0. The lowest BCUT2D eigenvalue weighted by Crippen LogP contribution is -2.42. The quantitative estimate of drug-likeness (QED) is 0.797. The Hall–Kier alpha value is -1.98. The monoisotopic (exact) mass is 265 g/mol. The zero-order valence-electron chi connectivity index (χ0n) is 11.6. The number of aryl methyl sites for hydroxylation is 1. The van der Waals surface area contributed by atoms with Crippen LogP contribution in [0.15, 0.2) is 12.3 Å². The number of hydrogen-bond acceptors (Lipinski definition) is 4. The molecule has 0 aliphatic rings. The average molecular weight is 265 g/mol. The first-order chi connectivity index (χ1) is 8.71. The first-order valence-electron chi connectivity index (χ1n) is 6.01. The second-order valence-corrected chi connectivity index (χ2v) is 5.45. The van der Waals surface area contributed by atoms with Gasteiger partial charge in [-0.3, -0.25) is 9.59 Å². The number of carboxylic acids is 1. The van der Waals surface area contributed by atoms with Gasteiger partial charge in [0.15, 0.2) is 0 Å². The summed E-state index contributed by atoms with van der Waals surface area (Å²) in [7, 11) is 0. The molecular formula is C13H19N3O3. The molecule has 1 aromatic heterocycles. The first kappa shape index (κ1) is 15.1. The maximum absolute atomic E-state index is 12.0. The van der Waals surface area contributed by atoms with Gasteiger partial charge in [-0.05, 0) is 18.4 Å². The van der Waals surface area contributed by atoms with Crippen LogP contribution < -0.4 is 5.32 Å². The lowest BCUT2D eigenvalue weighted by atomic mass is 9.80. The molecule has 0 saturated carbocycles. The Balaban J connectivity index is 2.71. The molecule has 0 bridgehead atoms. The summed E-state index contributed by atoms with van der Waals surface area (Å²) in [6.07, 6.45) is 1.60. The van der Waals surface area contributed by atoms with Crippen LogP contribution in [-0.2, 0) is 16.1 Å². The van der Waals surface area contributed by atoms with Crippen LogP contribution in [0.1, 0.15) is 32.3 Å². The van der Waals surface area contributed by atoms with Crippen molar-refractivity contribution in [1.29, 1.82) is 0 Å². The van der Waals surface area contributed by atoms with Gasteiger partial charge < -0.3 is 10.4 Å². The van der Waals surface area contributed by atoms with Gasteiger partial charge in [-0.2, -0.15) is 0 Å². The third-order valence-electron chi connectivity index (χ3n) is 2.65. The number of carbonyl (C=O) groups excluding carboxylic acids is 1. The first-order valence-corrected chi connectivity index (χ1v) is 6.01. The van der Waals surface area contributed by atoms with Crippen molar-refractivity contribution in [1.82, 2.24) is 15.3 Å². The number of nitrogens with zero attached hydrogens (tertiary/aromatic N) is 2. The zero-order valence-corrected chi connectivity index (χ0v) is 11.6. The number of carbonyl (C=O) groups is 2. The molecule has 0 radical (unpaired) electrons. The summed E-state index contributed by atoms with van der Waals surface area (Å²) in [5.74, 6) is -2.10. The largest absolute Gasteiger partial charge is 0.481 e. The third kappa shape index (κ3) is 4.31. The molecule has 0 spiro atoms. The molecule has 1 aromatic rings. The van der Waals surface area contributed by atoms with Gasteiger partial charge in [0.25, 0.3) is 0 Å². The normalized spacial score (nSPS) is 12.8. The fourth-order valence-electron chi connectivity index (χ4n) is 1.76. The van der Waals surface area contributed by atoms with E-state index in [1.54, 1.807) is 40.0 Å². The van der Waals surface area contributed by atoms with E-state index >= 15 is 0 Å². The Morgan fingerprint density at radius 3 is 2.53 bits per heavy atom. The highest BCUT2D eigenvalue weighted by molar-refractivity contribution is 5.97. The number of amides is 1. The summed E-state index contributed by atoms with van der Waals surface area (Å²) in [6.45, 7) is 7.11. The second-order valence-electron chi connectivity index (χ2n) is 5.45. The van der Waals surface area contributed by atoms with E-state index in [0.29, 0.717) is 11.5 Å². The van der Waals surface area contributed by atoms with Crippen molar-refractivity contribution >= 4 is 11.9 Å². The molecule has 1 amide bonds. The molecule has 6 heteroatoms. The number of carboxylic acid groups (broad SMARTS) is 1. The van der Waals surface area contributed by atoms with Crippen LogP contribution in [0.4, 0.5) is 0 Å². The number of hydrogen-bond donors (Lipinski definition) is 2. The molecule has 104 valence electrons. The molecule has 1 rings (SSSR count). The lowest BCUT2D eigenvalue weighted by Gasteiger charge is -2.25. The van der Waals surface area contributed by atoms with E-state index in [1.165, 1.54) is 0 Å². The van der Waals surface area contributed by atoms with Crippen LogP contribution >= 0.6 is 0 Å². The fraction of sp³-hybridized carbons (Fsp3) is 0.538. The van der Waals surface area contributed by atoms with Gasteiger partial charge in [-0.1, -0.05) is 20.8 Å². The number of aliphatic carboxylic acids is 1. The minimum atomic E-state index is -1.12. The number of rotatable bonds is 4. The molecule has 1 unspecified atom stereocenters. The Bertz CT molecular complexity index is 480. The highest BCUT2D eigenvalue weighted by atomic mass is 16.4. The summed E-state index contributed by atoms with van der Waals surface area (Å²) < 4.78 is 0. The van der Waals surface area contributed by atoms with Crippen LogP contribution in [0.3, 0.4) is 0 Å². The molecular weight excluding hydrogens is 246 g/mol. The molecule has 6 nitrogen and oxygen atoms in total. The van der Waals surface area contributed by atoms with Crippen molar-refractivity contribution in [2.24, 2.45) is 11.3 Å². The highest BCUT2D eigenvalue weighted by Gasteiger charge is 2.37. The van der Waals surface area contributed by atoms with E-state index in [2.05, 4.69) is 15.3 Å². The minimum Gasteiger partial charge on any atom is -0.481 e. The van der Waals surface area contributed by atoms with E-state index in [4.69, 9.17) is 5.11 Å². The Morgan fingerprint density at radius 2 is 2.05 bits per heavy atom. The van der Waals surface area contributed by atoms with Gasteiger partial charge in [-0.15, -0.1) is 0 Å². The topological polar surface area (TPSA) is 92.2 Å². The average Bonchev–Trinajstić information content (AvgIpc) is 2.24. The smallest absolute Gasteiger partial charge is 0.316 e. The van der Waals surface area contributed by atoms with Crippen molar-refractivity contribution in [3.05, 3.63) is 23.8 Å². The summed E-state index contributed by atoms with van der Waals surface area (Å²) in [4.78, 5) is 31.2. The van der Waals surface area contributed by atoms with Crippen molar-refractivity contribution in [2.75, 3.05) is 0 Å². The summed E-state index contributed by atoms with van der Waals surface area (Å²) in [5, 5.41) is 11.7. The van der Waals surface area contributed by atoms with Crippen LogP contribution in [0.25, 0.3) is 0 Å². The molecule has 0 fully saturated rings.